The van der Waals surface area contributed by atoms with Gasteiger partial charge >= 0.3 is 0 Å². The van der Waals surface area contributed by atoms with E-state index >= 15 is 0 Å². The second-order valence-electron chi connectivity index (χ2n) is 7.54. The van der Waals surface area contributed by atoms with E-state index in [0.29, 0.717) is 6.54 Å². The highest BCUT2D eigenvalue weighted by Gasteiger charge is 2.15. The van der Waals surface area contributed by atoms with Crippen molar-refractivity contribution < 1.29 is 4.79 Å². The molecule has 1 aliphatic heterocycles. The minimum absolute atomic E-state index is 0.0784. The van der Waals surface area contributed by atoms with Crippen molar-refractivity contribution in [3.8, 4) is 0 Å². The minimum Gasteiger partial charge on any atom is -0.355 e. The molecule has 1 aromatic heterocycles. The van der Waals surface area contributed by atoms with Crippen LogP contribution in [0, 0.1) is 5.92 Å². The fourth-order valence-corrected chi connectivity index (χ4v) is 3.75. The van der Waals surface area contributed by atoms with E-state index in [2.05, 4.69) is 29.0 Å². The van der Waals surface area contributed by atoms with Gasteiger partial charge in [-0.25, -0.2) is 4.98 Å². The SMILES string of the molecule is CCc1nc2ccccc2n1CC(=O)NCCCCN1CCC(C)CC1. The normalized spacial score (nSPS) is 16.2. The first kappa shape index (κ1) is 18.9. The number of likely N-dealkylation sites (tertiary alicyclic amines) is 1. The number of nitrogens with one attached hydrogen (secondary N) is 1. The number of aromatic nitrogens is 2. The van der Waals surface area contributed by atoms with Crippen LogP contribution in [0.15, 0.2) is 24.3 Å². The van der Waals surface area contributed by atoms with Crippen molar-refractivity contribution >= 4 is 16.9 Å². The predicted octanol–water partition coefficient (Wildman–Crippen LogP) is 3.23. The van der Waals surface area contributed by atoms with Crippen molar-refractivity contribution in [3.63, 3.8) is 0 Å². The first-order chi connectivity index (χ1) is 12.7. The Morgan fingerprint density at radius 2 is 2.00 bits per heavy atom. The molecule has 26 heavy (non-hydrogen) atoms. The number of aryl methyl sites for hydroxylation is 1. The summed E-state index contributed by atoms with van der Waals surface area (Å²) in [6.45, 7) is 9.18. The Morgan fingerprint density at radius 3 is 2.77 bits per heavy atom. The van der Waals surface area contributed by atoms with Crippen molar-refractivity contribution in [1.82, 2.24) is 19.8 Å². The summed E-state index contributed by atoms with van der Waals surface area (Å²) >= 11 is 0. The summed E-state index contributed by atoms with van der Waals surface area (Å²) in [7, 11) is 0. The van der Waals surface area contributed by atoms with Crippen molar-refractivity contribution in [2.75, 3.05) is 26.2 Å². The predicted molar refractivity (Wildman–Crippen MR) is 106 cm³/mol. The molecular formula is C21H32N4O. The molecule has 1 aliphatic rings. The summed E-state index contributed by atoms with van der Waals surface area (Å²) in [5.41, 5.74) is 2.01. The highest BCUT2D eigenvalue weighted by atomic mass is 16.1. The molecule has 0 saturated carbocycles. The van der Waals surface area contributed by atoms with Crippen LogP contribution in [-0.4, -0.2) is 46.5 Å². The number of carbonyl (C=O) groups excluding carboxylic acids is 1. The lowest BCUT2D eigenvalue weighted by Gasteiger charge is -2.30. The number of hydrogen-bond acceptors (Lipinski definition) is 3. The monoisotopic (exact) mass is 356 g/mol. The van der Waals surface area contributed by atoms with E-state index < -0.39 is 0 Å². The van der Waals surface area contributed by atoms with Gasteiger partial charge in [-0.3, -0.25) is 4.79 Å². The van der Waals surface area contributed by atoms with Crippen LogP contribution in [0.3, 0.4) is 0 Å². The number of carbonyl (C=O) groups is 1. The summed E-state index contributed by atoms with van der Waals surface area (Å²) in [6, 6.07) is 8.03. The van der Waals surface area contributed by atoms with Crippen molar-refractivity contribution in [3.05, 3.63) is 30.1 Å². The average molecular weight is 357 g/mol. The summed E-state index contributed by atoms with van der Waals surface area (Å²) in [5, 5.41) is 3.08. The number of hydrogen-bond donors (Lipinski definition) is 1. The zero-order chi connectivity index (χ0) is 18.4. The van der Waals surface area contributed by atoms with E-state index in [1.807, 2.05) is 28.8 Å². The maximum Gasteiger partial charge on any atom is 0.240 e. The van der Waals surface area contributed by atoms with Gasteiger partial charge < -0.3 is 14.8 Å². The first-order valence-corrected chi connectivity index (χ1v) is 10.1. The third-order valence-corrected chi connectivity index (χ3v) is 5.45. The summed E-state index contributed by atoms with van der Waals surface area (Å²) in [5.74, 6) is 1.94. The first-order valence-electron chi connectivity index (χ1n) is 10.1. The van der Waals surface area contributed by atoms with Crippen LogP contribution in [0.2, 0.25) is 0 Å². The summed E-state index contributed by atoms with van der Waals surface area (Å²) in [4.78, 5) is 19.5. The van der Waals surface area contributed by atoms with Crippen molar-refractivity contribution in [1.29, 1.82) is 0 Å². The van der Waals surface area contributed by atoms with Crippen LogP contribution in [-0.2, 0) is 17.8 Å². The average Bonchev–Trinajstić information content (AvgIpc) is 3.01. The molecule has 2 aromatic rings. The fraction of sp³-hybridized carbons (Fsp3) is 0.619. The molecule has 0 atom stereocenters. The van der Waals surface area contributed by atoms with Gasteiger partial charge in [0.25, 0.3) is 0 Å². The van der Waals surface area contributed by atoms with Gasteiger partial charge in [-0.15, -0.1) is 0 Å². The molecule has 142 valence electrons. The molecule has 0 aliphatic carbocycles. The lowest BCUT2D eigenvalue weighted by molar-refractivity contribution is -0.121. The quantitative estimate of drug-likeness (QED) is 0.739. The van der Waals surface area contributed by atoms with E-state index in [-0.39, 0.29) is 5.91 Å². The molecule has 1 fully saturated rings. The summed E-state index contributed by atoms with van der Waals surface area (Å²) in [6.07, 6.45) is 5.69. The number of nitrogens with zero attached hydrogens (tertiary/aromatic N) is 3. The maximum absolute atomic E-state index is 12.4. The van der Waals surface area contributed by atoms with Crippen LogP contribution in [0.25, 0.3) is 11.0 Å². The highest BCUT2D eigenvalue weighted by Crippen LogP contribution is 2.17. The Balaban J connectivity index is 1.41. The number of benzene rings is 1. The topological polar surface area (TPSA) is 50.2 Å². The Hall–Kier alpha value is -1.88. The van der Waals surface area contributed by atoms with Crippen LogP contribution in [0.4, 0.5) is 0 Å². The molecule has 0 bridgehead atoms. The number of para-hydroxylation sites is 2. The number of fused-ring (bicyclic) bond motifs is 1. The van der Waals surface area contributed by atoms with Gasteiger partial charge in [-0.1, -0.05) is 26.0 Å². The molecule has 0 radical (unpaired) electrons. The van der Waals surface area contributed by atoms with Gasteiger partial charge in [-0.2, -0.15) is 0 Å². The van der Waals surface area contributed by atoms with E-state index in [1.165, 1.54) is 25.9 Å². The van der Waals surface area contributed by atoms with Crippen LogP contribution in [0.5, 0.6) is 0 Å². The number of piperidine rings is 1. The largest absolute Gasteiger partial charge is 0.355 e. The number of unbranched alkanes of at least 4 members (excludes halogenated alkanes) is 1. The van der Waals surface area contributed by atoms with E-state index in [1.54, 1.807) is 0 Å². The van der Waals surface area contributed by atoms with Gasteiger partial charge in [0.2, 0.25) is 5.91 Å². The van der Waals surface area contributed by atoms with Crippen LogP contribution < -0.4 is 5.32 Å². The molecule has 1 saturated heterocycles. The highest BCUT2D eigenvalue weighted by molar-refractivity contribution is 5.81. The van der Waals surface area contributed by atoms with Gasteiger partial charge in [0.1, 0.15) is 12.4 Å². The van der Waals surface area contributed by atoms with Crippen molar-refractivity contribution in [2.24, 2.45) is 5.92 Å². The smallest absolute Gasteiger partial charge is 0.240 e. The van der Waals surface area contributed by atoms with Crippen LogP contribution >= 0.6 is 0 Å². The van der Waals surface area contributed by atoms with Crippen molar-refractivity contribution in [2.45, 2.75) is 52.5 Å². The Bertz CT molecular complexity index is 716. The molecule has 1 N–H and O–H groups in total. The number of rotatable bonds is 8. The van der Waals surface area contributed by atoms with E-state index in [9.17, 15) is 4.79 Å². The Kier molecular flexibility index (Phi) is 6.67. The van der Waals surface area contributed by atoms with Crippen LogP contribution in [0.1, 0.15) is 45.4 Å². The van der Waals surface area contributed by atoms with Gasteiger partial charge in [0.15, 0.2) is 0 Å². The van der Waals surface area contributed by atoms with Gasteiger partial charge in [0.05, 0.1) is 11.0 Å². The number of amides is 1. The third-order valence-electron chi connectivity index (χ3n) is 5.45. The van der Waals surface area contributed by atoms with E-state index in [4.69, 9.17) is 0 Å². The molecule has 0 unspecified atom stereocenters. The molecule has 5 heteroatoms. The lowest BCUT2D eigenvalue weighted by atomic mass is 9.99. The zero-order valence-corrected chi connectivity index (χ0v) is 16.2. The van der Waals surface area contributed by atoms with E-state index in [0.717, 1.165) is 55.1 Å². The molecule has 0 spiro atoms. The molecule has 1 aromatic carbocycles. The second-order valence-corrected chi connectivity index (χ2v) is 7.54. The third kappa shape index (κ3) is 4.85. The minimum atomic E-state index is 0.0784. The Labute approximate surface area is 156 Å². The molecule has 1 amide bonds. The number of imidazole rings is 1. The second kappa shape index (κ2) is 9.17. The zero-order valence-electron chi connectivity index (χ0n) is 16.2. The standard InChI is InChI=1S/C21H32N4O/c1-3-20-23-18-8-4-5-9-19(18)25(20)16-21(26)22-12-6-7-13-24-14-10-17(2)11-15-24/h4-5,8-9,17H,3,6-7,10-16H2,1-2H3,(H,22,26). The molecule has 5 nitrogen and oxygen atoms in total. The molecule has 3 rings (SSSR count). The van der Waals surface area contributed by atoms with Gasteiger partial charge in [0, 0.05) is 13.0 Å². The van der Waals surface area contributed by atoms with Gasteiger partial charge in [-0.05, 0) is 63.4 Å². The lowest BCUT2D eigenvalue weighted by Crippen LogP contribution is -2.34. The molecular weight excluding hydrogens is 324 g/mol. The fourth-order valence-electron chi connectivity index (χ4n) is 3.75. The Morgan fingerprint density at radius 1 is 1.23 bits per heavy atom. The molecule has 2 heterocycles. The maximum atomic E-state index is 12.4. The summed E-state index contributed by atoms with van der Waals surface area (Å²) < 4.78 is 2.04.